The van der Waals surface area contributed by atoms with Crippen LogP contribution in [-0.4, -0.2) is 38.4 Å². The summed E-state index contributed by atoms with van der Waals surface area (Å²) in [4.78, 5) is 15.1. The molecule has 1 aliphatic heterocycles. The summed E-state index contributed by atoms with van der Waals surface area (Å²) in [5.41, 5.74) is 4.49. The molecule has 170 valence electrons. The van der Waals surface area contributed by atoms with Gasteiger partial charge in [-0.3, -0.25) is 10.2 Å². The third-order valence-electron chi connectivity index (χ3n) is 6.58. The summed E-state index contributed by atoms with van der Waals surface area (Å²) in [6, 6.07) is 18.2. The maximum Gasteiger partial charge on any atom is 0.324 e. The number of piperidine rings is 1. The van der Waals surface area contributed by atoms with E-state index in [9.17, 15) is 4.79 Å². The number of para-hydroxylation sites is 2. The number of fused-ring (bicyclic) bond motifs is 1. The molecule has 7 heteroatoms. The standard InChI is InChI=1S/C26H30N6O/c1-19-7-3-5-9-23(19)28-26(33)29-25-11-14-27-32(25)21-12-15-31(16-13-21)18-20-17-30(2)24-10-6-4-8-22(20)24/h3-11,14,17,21H,12-13,15-16,18H2,1-2H3,(H2,28,29,33). The van der Waals surface area contributed by atoms with Crippen molar-refractivity contribution < 1.29 is 4.79 Å². The number of amides is 2. The number of likely N-dealkylation sites (tertiary alicyclic amines) is 1. The highest BCUT2D eigenvalue weighted by atomic mass is 16.2. The van der Waals surface area contributed by atoms with Gasteiger partial charge in [0.15, 0.2) is 0 Å². The Kier molecular flexibility index (Phi) is 5.88. The molecule has 1 fully saturated rings. The number of nitrogens with one attached hydrogen (secondary N) is 2. The minimum Gasteiger partial charge on any atom is -0.350 e. The molecule has 0 atom stereocenters. The van der Waals surface area contributed by atoms with E-state index in [0.29, 0.717) is 0 Å². The quantitative estimate of drug-likeness (QED) is 0.448. The monoisotopic (exact) mass is 442 g/mol. The lowest BCUT2D eigenvalue weighted by molar-refractivity contribution is 0.175. The van der Waals surface area contributed by atoms with Crippen LogP contribution in [0.3, 0.4) is 0 Å². The van der Waals surface area contributed by atoms with Gasteiger partial charge in [0.2, 0.25) is 0 Å². The normalized spacial score (nSPS) is 15.1. The second-order valence-electron chi connectivity index (χ2n) is 8.84. The Morgan fingerprint density at radius 2 is 1.79 bits per heavy atom. The average Bonchev–Trinajstić information content (AvgIpc) is 3.40. The summed E-state index contributed by atoms with van der Waals surface area (Å²) in [5.74, 6) is 0.730. The van der Waals surface area contributed by atoms with E-state index in [1.165, 1.54) is 16.5 Å². The van der Waals surface area contributed by atoms with Crippen molar-refractivity contribution in [2.45, 2.75) is 32.4 Å². The van der Waals surface area contributed by atoms with Crippen LogP contribution in [-0.2, 0) is 13.6 Å². The van der Waals surface area contributed by atoms with Crippen LogP contribution in [0.2, 0.25) is 0 Å². The molecule has 0 aliphatic carbocycles. The maximum atomic E-state index is 12.6. The number of carbonyl (C=O) groups is 1. The van der Waals surface area contributed by atoms with Gasteiger partial charge >= 0.3 is 6.03 Å². The SMILES string of the molecule is Cc1ccccc1NC(=O)Nc1ccnn1C1CCN(Cc2cn(C)c3ccccc23)CC1. The first kappa shape index (κ1) is 21.3. The lowest BCUT2D eigenvalue weighted by Crippen LogP contribution is -2.35. The number of aromatic nitrogens is 3. The molecule has 2 aromatic heterocycles. The maximum absolute atomic E-state index is 12.6. The number of carbonyl (C=O) groups excluding carboxylic acids is 1. The molecular weight excluding hydrogens is 412 g/mol. The highest BCUT2D eigenvalue weighted by Gasteiger charge is 2.24. The van der Waals surface area contributed by atoms with Crippen LogP contribution >= 0.6 is 0 Å². The molecule has 7 nitrogen and oxygen atoms in total. The highest BCUT2D eigenvalue weighted by molar-refractivity contribution is 5.99. The van der Waals surface area contributed by atoms with Gasteiger partial charge < -0.3 is 9.88 Å². The number of hydrogen-bond acceptors (Lipinski definition) is 3. The number of hydrogen-bond donors (Lipinski definition) is 2. The van der Waals surface area contributed by atoms with Gasteiger partial charge in [-0.2, -0.15) is 5.10 Å². The third kappa shape index (κ3) is 4.50. The van der Waals surface area contributed by atoms with Crippen molar-refractivity contribution in [3.05, 3.63) is 78.1 Å². The molecule has 2 N–H and O–H groups in total. The minimum atomic E-state index is -0.251. The van der Waals surface area contributed by atoms with Gasteiger partial charge in [-0.15, -0.1) is 0 Å². The molecule has 1 saturated heterocycles. The van der Waals surface area contributed by atoms with E-state index >= 15 is 0 Å². The first-order valence-corrected chi connectivity index (χ1v) is 11.5. The Bertz CT molecular complexity index is 1260. The summed E-state index contributed by atoms with van der Waals surface area (Å²) in [6.45, 7) is 4.94. The van der Waals surface area contributed by atoms with Gasteiger partial charge in [0.05, 0.1) is 12.2 Å². The molecule has 1 aliphatic rings. The lowest BCUT2D eigenvalue weighted by atomic mass is 10.0. The van der Waals surface area contributed by atoms with Crippen LogP contribution in [0.15, 0.2) is 67.0 Å². The number of rotatable bonds is 5. The fourth-order valence-corrected chi connectivity index (χ4v) is 4.80. The topological polar surface area (TPSA) is 67.1 Å². The van der Waals surface area contributed by atoms with Crippen molar-refractivity contribution in [2.24, 2.45) is 7.05 Å². The predicted molar refractivity (Wildman–Crippen MR) is 133 cm³/mol. The first-order chi connectivity index (χ1) is 16.1. The van der Waals surface area contributed by atoms with Crippen molar-refractivity contribution in [2.75, 3.05) is 23.7 Å². The second-order valence-corrected chi connectivity index (χ2v) is 8.84. The second kappa shape index (κ2) is 9.11. The molecule has 2 aromatic carbocycles. The molecule has 33 heavy (non-hydrogen) atoms. The zero-order valence-corrected chi connectivity index (χ0v) is 19.2. The zero-order chi connectivity index (χ0) is 22.8. The van der Waals surface area contributed by atoms with Gasteiger partial charge in [-0.05, 0) is 43.0 Å². The van der Waals surface area contributed by atoms with Gasteiger partial charge in [-0.1, -0.05) is 36.4 Å². The molecule has 0 bridgehead atoms. The third-order valence-corrected chi connectivity index (χ3v) is 6.58. The average molecular weight is 443 g/mol. The van der Waals surface area contributed by atoms with E-state index in [0.717, 1.165) is 49.5 Å². The van der Waals surface area contributed by atoms with E-state index < -0.39 is 0 Å². The summed E-state index contributed by atoms with van der Waals surface area (Å²) < 4.78 is 4.17. The smallest absolute Gasteiger partial charge is 0.324 e. The number of urea groups is 1. The Morgan fingerprint density at radius 3 is 2.61 bits per heavy atom. The Labute approximate surface area is 194 Å². The molecule has 4 aromatic rings. The van der Waals surface area contributed by atoms with Crippen LogP contribution < -0.4 is 10.6 Å². The minimum absolute atomic E-state index is 0.251. The van der Waals surface area contributed by atoms with Crippen molar-refractivity contribution in [3.63, 3.8) is 0 Å². The molecule has 0 saturated carbocycles. The molecule has 0 radical (unpaired) electrons. The van der Waals surface area contributed by atoms with E-state index in [1.807, 2.05) is 41.9 Å². The van der Waals surface area contributed by atoms with E-state index in [-0.39, 0.29) is 12.1 Å². The Hall–Kier alpha value is -3.58. The van der Waals surface area contributed by atoms with E-state index in [4.69, 9.17) is 0 Å². The number of anilines is 2. The van der Waals surface area contributed by atoms with E-state index in [2.05, 4.69) is 62.7 Å². The molecule has 5 rings (SSSR count). The first-order valence-electron chi connectivity index (χ1n) is 11.5. The predicted octanol–water partition coefficient (Wildman–Crippen LogP) is 5.16. The Morgan fingerprint density at radius 1 is 1.03 bits per heavy atom. The molecule has 3 heterocycles. The molecular formula is C26H30N6O. The summed E-state index contributed by atoms with van der Waals surface area (Å²) >= 11 is 0. The number of aryl methyl sites for hydroxylation is 2. The summed E-state index contributed by atoms with van der Waals surface area (Å²) in [7, 11) is 2.11. The van der Waals surface area contributed by atoms with Gasteiger partial charge in [0, 0.05) is 55.5 Å². The highest BCUT2D eigenvalue weighted by Crippen LogP contribution is 2.28. The van der Waals surface area contributed by atoms with Crippen LogP contribution in [0, 0.1) is 6.92 Å². The number of nitrogens with zero attached hydrogens (tertiary/aromatic N) is 4. The lowest BCUT2D eigenvalue weighted by Gasteiger charge is -2.32. The fourth-order valence-electron chi connectivity index (χ4n) is 4.80. The summed E-state index contributed by atoms with van der Waals surface area (Å²) in [6.07, 6.45) is 6.01. The van der Waals surface area contributed by atoms with Crippen molar-refractivity contribution in [3.8, 4) is 0 Å². The zero-order valence-electron chi connectivity index (χ0n) is 19.2. The van der Waals surface area contributed by atoms with Crippen molar-refractivity contribution >= 4 is 28.4 Å². The van der Waals surface area contributed by atoms with Gasteiger partial charge in [-0.25, -0.2) is 9.48 Å². The number of benzene rings is 2. The fraction of sp³-hybridized carbons (Fsp3) is 0.308. The Balaban J connectivity index is 1.20. The van der Waals surface area contributed by atoms with Crippen molar-refractivity contribution in [1.29, 1.82) is 0 Å². The van der Waals surface area contributed by atoms with Gasteiger partial charge in [0.25, 0.3) is 0 Å². The molecule has 0 spiro atoms. The summed E-state index contributed by atoms with van der Waals surface area (Å²) in [5, 5.41) is 11.8. The van der Waals surface area contributed by atoms with E-state index in [1.54, 1.807) is 6.20 Å². The largest absolute Gasteiger partial charge is 0.350 e. The molecule has 2 amide bonds. The van der Waals surface area contributed by atoms with Crippen LogP contribution in [0.25, 0.3) is 10.9 Å². The van der Waals surface area contributed by atoms with Crippen molar-refractivity contribution in [1.82, 2.24) is 19.2 Å². The van der Waals surface area contributed by atoms with Crippen LogP contribution in [0.1, 0.15) is 30.0 Å². The van der Waals surface area contributed by atoms with Gasteiger partial charge in [0.1, 0.15) is 5.82 Å². The molecule has 0 unspecified atom stereocenters. The van der Waals surface area contributed by atoms with Crippen LogP contribution in [0.4, 0.5) is 16.3 Å². The van der Waals surface area contributed by atoms with Crippen LogP contribution in [0.5, 0.6) is 0 Å².